The Balaban J connectivity index is 2.31. The number of carbonyl (C=O) groups excluding carboxylic acids is 1. The lowest BCUT2D eigenvalue weighted by atomic mass is 10.1. The summed E-state index contributed by atoms with van der Waals surface area (Å²) < 4.78 is 5.03. The van der Waals surface area contributed by atoms with Crippen LogP contribution in [0.15, 0.2) is 34.7 Å². The zero-order valence-corrected chi connectivity index (χ0v) is 11.2. The van der Waals surface area contributed by atoms with Crippen molar-refractivity contribution in [1.29, 1.82) is 0 Å². The molecule has 1 heterocycles. The molecule has 0 saturated heterocycles. The Morgan fingerprint density at radius 1 is 1.30 bits per heavy atom. The van der Waals surface area contributed by atoms with Crippen molar-refractivity contribution in [3.63, 3.8) is 0 Å². The molecule has 7 heteroatoms. The predicted octanol–water partition coefficient (Wildman–Crippen LogP) is 2.49. The largest absolute Gasteiger partial charge is 0.478 e. The third-order valence-corrected chi connectivity index (χ3v) is 2.93. The van der Waals surface area contributed by atoms with Crippen molar-refractivity contribution in [2.45, 2.75) is 0 Å². The Morgan fingerprint density at radius 3 is 2.50 bits per heavy atom. The van der Waals surface area contributed by atoms with E-state index >= 15 is 0 Å². The lowest BCUT2D eigenvalue weighted by Crippen LogP contribution is -2.26. The second-order valence-electron chi connectivity index (χ2n) is 4.05. The number of amides is 1. The number of nitrogens with zero attached hydrogens (tertiary/aromatic N) is 1. The van der Waals surface area contributed by atoms with E-state index in [2.05, 4.69) is 0 Å². The number of furan rings is 1. The van der Waals surface area contributed by atoms with E-state index in [1.807, 2.05) is 0 Å². The summed E-state index contributed by atoms with van der Waals surface area (Å²) in [7, 11) is 1.50. The molecule has 0 atom stereocenters. The summed E-state index contributed by atoms with van der Waals surface area (Å²) in [5.74, 6) is -1.46. The smallest absolute Gasteiger partial charge is 0.335 e. The van der Waals surface area contributed by atoms with Gasteiger partial charge in [-0.25, -0.2) is 4.79 Å². The maximum atomic E-state index is 12.1. The number of carbonyl (C=O) groups is 2. The van der Waals surface area contributed by atoms with E-state index < -0.39 is 11.9 Å². The normalized spacial score (nSPS) is 10.3. The molecule has 1 amide bonds. The maximum absolute atomic E-state index is 12.1. The summed E-state index contributed by atoms with van der Waals surface area (Å²) in [6, 6.07) is 7.02. The molecule has 0 unspecified atom stereocenters. The molecule has 2 rings (SSSR count). The number of hydrogen-bond donors (Lipinski definition) is 2. The van der Waals surface area contributed by atoms with Gasteiger partial charge in [-0.05, 0) is 41.9 Å². The van der Waals surface area contributed by atoms with Gasteiger partial charge in [0.05, 0.1) is 16.9 Å². The van der Waals surface area contributed by atoms with Crippen LogP contribution in [-0.4, -0.2) is 24.0 Å². The van der Waals surface area contributed by atoms with Crippen LogP contribution in [0.3, 0.4) is 0 Å². The summed E-state index contributed by atoms with van der Waals surface area (Å²) in [5, 5.41) is 8.97. The zero-order chi connectivity index (χ0) is 14.9. The van der Waals surface area contributed by atoms with Crippen LogP contribution in [0.1, 0.15) is 20.9 Å². The van der Waals surface area contributed by atoms with Crippen LogP contribution < -0.4 is 10.6 Å². The first-order valence-corrected chi connectivity index (χ1v) is 5.94. The molecule has 0 saturated carbocycles. The van der Waals surface area contributed by atoms with Gasteiger partial charge in [-0.15, -0.1) is 0 Å². The molecule has 20 heavy (non-hydrogen) atoms. The summed E-state index contributed by atoms with van der Waals surface area (Å²) in [5.41, 5.74) is 6.38. The molecule has 0 spiro atoms. The molecule has 0 fully saturated rings. The fraction of sp³-hybridized carbons (Fsp3) is 0.0769. The Labute approximate surface area is 119 Å². The minimum atomic E-state index is -1.09. The summed E-state index contributed by atoms with van der Waals surface area (Å²) in [4.78, 5) is 24.2. The number of nitrogens with two attached hydrogens (primary N) is 1. The number of rotatable bonds is 3. The van der Waals surface area contributed by atoms with E-state index in [1.54, 1.807) is 0 Å². The topological polar surface area (TPSA) is 96.8 Å². The molecule has 0 aliphatic carbocycles. The van der Waals surface area contributed by atoms with Crippen LogP contribution in [0.25, 0.3) is 0 Å². The zero-order valence-electron chi connectivity index (χ0n) is 10.5. The summed E-state index contributed by atoms with van der Waals surface area (Å²) in [6.07, 6.45) is 0. The van der Waals surface area contributed by atoms with Crippen LogP contribution >= 0.6 is 11.6 Å². The Hall–Kier alpha value is -2.47. The van der Waals surface area contributed by atoms with Gasteiger partial charge in [0.15, 0.2) is 11.0 Å². The molecule has 104 valence electrons. The molecule has 1 aromatic heterocycles. The molecule has 6 nitrogen and oxygen atoms in total. The van der Waals surface area contributed by atoms with Crippen molar-refractivity contribution in [1.82, 2.24) is 0 Å². The van der Waals surface area contributed by atoms with Crippen LogP contribution in [0.2, 0.25) is 5.22 Å². The standard InChI is InChI=1S/C13H11ClN2O4/c1-16(12(17)10-4-5-11(14)20-10)9-3-2-7(13(18)19)6-8(9)15/h2-6H,15H2,1H3,(H,18,19). The van der Waals surface area contributed by atoms with Gasteiger partial charge in [0.2, 0.25) is 0 Å². The highest BCUT2D eigenvalue weighted by Crippen LogP contribution is 2.25. The van der Waals surface area contributed by atoms with Crippen molar-refractivity contribution in [2.75, 3.05) is 17.7 Å². The number of carboxylic acids is 1. The monoisotopic (exact) mass is 294 g/mol. The van der Waals surface area contributed by atoms with Gasteiger partial charge in [0.25, 0.3) is 5.91 Å². The quantitative estimate of drug-likeness (QED) is 0.848. The van der Waals surface area contributed by atoms with E-state index in [0.29, 0.717) is 5.69 Å². The Bertz CT molecular complexity index is 681. The van der Waals surface area contributed by atoms with Gasteiger partial charge >= 0.3 is 5.97 Å². The Morgan fingerprint density at radius 2 is 2.00 bits per heavy atom. The number of nitrogen functional groups attached to an aromatic ring is 1. The lowest BCUT2D eigenvalue weighted by molar-refractivity contribution is 0.0697. The van der Waals surface area contributed by atoms with Crippen LogP contribution in [0.4, 0.5) is 11.4 Å². The fourth-order valence-electron chi connectivity index (χ4n) is 1.70. The predicted molar refractivity (Wildman–Crippen MR) is 74.3 cm³/mol. The van der Waals surface area contributed by atoms with Crippen LogP contribution in [-0.2, 0) is 0 Å². The first-order valence-electron chi connectivity index (χ1n) is 5.56. The number of benzene rings is 1. The van der Waals surface area contributed by atoms with Crippen molar-refractivity contribution in [2.24, 2.45) is 0 Å². The SMILES string of the molecule is CN(C(=O)c1ccc(Cl)o1)c1ccc(C(=O)O)cc1N. The first-order chi connectivity index (χ1) is 9.40. The van der Waals surface area contributed by atoms with Gasteiger partial charge in [0, 0.05) is 7.05 Å². The van der Waals surface area contributed by atoms with Gasteiger partial charge in [-0.1, -0.05) is 0 Å². The second-order valence-corrected chi connectivity index (χ2v) is 4.42. The first kappa shape index (κ1) is 14.0. The third-order valence-electron chi connectivity index (χ3n) is 2.72. The second kappa shape index (κ2) is 5.26. The highest BCUT2D eigenvalue weighted by molar-refractivity contribution is 6.29. The lowest BCUT2D eigenvalue weighted by Gasteiger charge is -2.18. The van der Waals surface area contributed by atoms with Crippen molar-refractivity contribution in [3.8, 4) is 0 Å². The van der Waals surface area contributed by atoms with Gasteiger partial charge in [-0.2, -0.15) is 0 Å². The fourth-order valence-corrected chi connectivity index (χ4v) is 1.84. The molecular formula is C13H11ClN2O4. The third kappa shape index (κ3) is 2.60. The molecule has 0 aliphatic heterocycles. The van der Waals surface area contributed by atoms with E-state index in [-0.39, 0.29) is 22.2 Å². The van der Waals surface area contributed by atoms with Crippen molar-refractivity contribution in [3.05, 3.63) is 46.9 Å². The molecule has 0 radical (unpaired) electrons. The van der Waals surface area contributed by atoms with E-state index in [1.165, 1.54) is 42.3 Å². The van der Waals surface area contributed by atoms with E-state index in [0.717, 1.165) is 0 Å². The van der Waals surface area contributed by atoms with Gasteiger partial charge < -0.3 is 20.2 Å². The number of carboxylic acid groups (broad SMARTS) is 1. The van der Waals surface area contributed by atoms with Crippen LogP contribution in [0.5, 0.6) is 0 Å². The maximum Gasteiger partial charge on any atom is 0.335 e. The number of hydrogen-bond acceptors (Lipinski definition) is 4. The number of anilines is 2. The minimum absolute atomic E-state index is 0.0492. The summed E-state index contributed by atoms with van der Waals surface area (Å²) >= 11 is 5.61. The van der Waals surface area contributed by atoms with E-state index in [4.69, 9.17) is 26.9 Å². The molecule has 1 aromatic carbocycles. The number of aromatic carboxylic acids is 1. The molecule has 0 bridgehead atoms. The minimum Gasteiger partial charge on any atom is -0.478 e. The highest BCUT2D eigenvalue weighted by atomic mass is 35.5. The average molecular weight is 295 g/mol. The molecule has 3 N–H and O–H groups in total. The van der Waals surface area contributed by atoms with Crippen LogP contribution in [0, 0.1) is 0 Å². The number of halogens is 1. The van der Waals surface area contributed by atoms with Crippen molar-refractivity contribution >= 4 is 34.9 Å². The molecule has 2 aromatic rings. The van der Waals surface area contributed by atoms with E-state index in [9.17, 15) is 9.59 Å². The Kier molecular flexibility index (Phi) is 3.67. The molecule has 0 aliphatic rings. The van der Waals surface area contributed by atoms with Crippen molar-refractivity contribution < 1.29 is 19.1 Å². The summed E-state index contributed by atoms with van der Waals surface area (Å²) in [6.45, 7) is 0. The average Bonchev–Trinajstić information content (AvgIpc) is 2.83. The van der Waals surface area contributed by atoms with Gasteiger partial charge in [-0.3, -0.25) is 4.79 Å². The molecular weight excluding hydrogens is 284 g/mol. The highest BCUT2D eigenvalue weighted by Gasteiger charge is 2.19. The van der Waals surface area contributed by atoms with Gasteiger partial charge in [0.1, 0.15) is 0 Å².